The molecular formula is C15H22N6S2+2. The average molecular weight is 351 g/mol. The molecule has 23 heavy (non-hydrogen) atoms. The zero-order valence-corrected chi connectivity index (χ0v) is 14.6. The molecule has 1 saturated heterocycles. The standard InChI is InChI=1S/C15H20N6S2/c1-2-5-17-14-18-21(15(22)23-14)12-19-8-10-20(11-9-19)13-3-6-16-7-4-13/h2-4,6-7H,1,5,8-12H2,(H,17,18)/p+2. The molecule has 1 aliphatic rings. The molecule has 0 spiro atoms. The zero-order valence-electron chi connectivity index (χ0n) is 13.0. The second-order valence-electron chi connectivity index (χ2n) is 5.50. The molecule has 1 aliphatic heterocycles. The molecule has 0 saturated carbocycles. The van der Waals surface area contributed by atoms with Gasteiger partial charge in [0.25, 0.3) is 0 Å². The van der Waals surface area contributed by atoms with Crippen molar-refractivity contribution >= 4 is 34.4 Å². The van der Waals surface area contributed by atoms with Gasteiger partial charge in [0.15, 0.2) is 23.0 Å². The van der Waals surface area contributed by atoms with E-state index < -0.39 is 0 Å². The second-order valence-corrected chi connectivity index (χ2v) is 7.12. The molecule has 0 bridgehead atoms. The number of nitrogens with zero attached hydrogens (tertiary/aromatic N) is 3. The van der Waals surface area contributed by atoms with Crippen molar-refractivity contribution in [3.05, 3.63) is 41.1 Å². The topological polar surface area (TPSA) is 51.7 Å². The molecule has 0 unspecified atom stereocenters. The van der Waals surface area contributed by atoms with Crippen molar-refractivity contribution in [3.63, 3.8) is 0 Å². The number of H-pyrrole nitrogens is 1. The maximum Gasteiger partial charge on any atom is 0.205 e. The van der Waals surface area contributed by atoms with Crippen molar-refractivity contribution in [1.29, 1.82) is 0 Å². The molecule has 8 heteroatoms. The Hall–Kier alpha value is -1.77. The number of aromatic nitrogens is 3. The molecule has 0 aliphatic carbocycles. The van der Waals surface area contributed by atoms with Gasteiger partial charge >= 0.3 is 0 Å². The number of nitrogens with one attached hydrogen (secondary N) is 3. The summed E-state index contributed by atoms with van der Waals surface area (Å²) in [5, 5.41) is 8.62. The van der Waals surface area contributed by atoms with E-state index in [2.05, 4.69) is 39.0 Å². The predicted octanol–water partition coefficient (Wildman–Crippen LogP) is 0.449. The third kappa shape index (κ3) is 4.15. The lowest BCUT2D eigenvalue weighted by Gasteiger charge is -2.33. The summed E-state index contributed by atoms with van der Waals surface area (Å²) in [5.74, 6) is 0. The van der Waals surface area contributed by atoms with Crippen LogP contribution in [0.1, 0.15) is 0 Å². The van der Waals surface area contributed by atoms with Gasteiger partial charge in [0.05, 0.1) is 26.2 Å². The number of aromatic amines is 1. The molecular weight excluding hydrogens is 328 g/mol. The minimum Gasteiger partial charge on any atom is -0.360 e. The molecule has 6 nitrogen and oxygen atoms in total. The number of anilines is 2. The van der Waals surface area contributed by atoms with Crippen molar-refractivity contribution in [3.8, 4) is 0 Å². The highest BCUT2D eigenvalue weighted by atomic mass is 32.1. The fourth-order valence-corrected chi connectivity index (χ4v) is 3.69. The van der Waals surface area contributed by atoms with Crippen molar-refractivity contribution in [2.75, 3.05) is 42.9 Å². The number of quaternary nitrogens is 1. The van der Waals surface area contributed by atoms with Gasteiger partial charge in [-0.3, -0.25) is 0 Å². The molecule has 0 aromatic carbocycles. The summed E-state index contributed by atoms with van der Waals surface area (Å²) in [7, 11) is 0. The first-order valence-electron chi connectivity index (χ1n) is 7.73. The maximum atomic E-state index is 5.42. The molecule has 1 fully saturated rings. The van der Waals surface area contributed by atoms with E-state index in [0.29, 0.717) is 6.54 Å². The van der Waals surface area contributed by atoms with Gasteiger partial charge < -0.3 is 15.1 Å². The summed E-state index contributed by atoms with van der Waals surface area (Å²) in [6, 6.07) is 4.25. The minimum absolute atomic E-state index is 0.711. The molecule has 3 N–H and O–H groups in total. The van der Waals surface area contributed by atoms with E-state index in [-0.39, 0.29) is 0 Å². The first kappa shape index (κ1) is 16.1. The fourth-order valence-electron chi connectivity index (χ4n) is 2.68. The molecule has 0 radical (unpaired) electrons. The van der Waals surface area contributed by atoms with Gasteiger partial charge in [-0.1, -0.05) is 17.4 Å². The molecule has 122 valence electrons. The van der Waals surface area contributed by atoms with E-state index >= 15 is 0 Å². The van der Waals surface area contributed by atoms with Crippen LogP contribution < -0.4 is 20.1 Å². The van der Waals surface area contributed by atoms with Gasteiger partial charge in [0.2, 0.25) is 5.13 Å². The summed E-state index contributed by atoms with van der Waals surface area (Å²) in [5.41, 5.74) is 1.28. The van der Waals surface area contributed by atoms with Crippen LogP contribution in [0.4, 0.5) is 10.8 Å². The van der Waals surface area contributed by atoms with Crippen molar-refractivity contribution in [1.82, 2.24) is 9.78 Å². The quantitative estimate of drug-likeness (QED) is 0.587. The Morgan fingerprint density at radius 1 is 1.39 bits per heavy atom. The highest BCUT2D eigenvalue weighted by molar-refractivity contribution is 7.73. The summed E-state index contributed by atoms with van der Waals surface area (Å²) < 4.78 is 2.76. The van der Waals surface area contributed by atoms with Crippen LogP contribution in [0.3, 0.4) is 0 Å². The second kappa shape index (κ2) is 7.67. The molecule has 2 aromatic heterocycles. The van der Waals surface area contributed by atoms with Crippen LogP contribution >= 0.6 is 23.6 Å². The van der Waals surface area contributed by atoms with Crippen LogP contribution in [0.2, 0.25) is 0 Å². The third-order valence-electron chi connectivity index (χ3n) is 3.91. The molecule has 2 aromatic rings. The van der Waals surface area contributed by atoms with E-state index in [0.717, 1.165) is 41.9 Å². The van der Waals surface area contributed by atoms with Crippen LogP contribution in [-0.4, -0.2) is 42.5 Å². The highest BCUT2D eigenvalue weighted by Crippen LogP contribution is 2.13. The van der Waals surface area contributed by atoms with Crippen LogP contribution in [0.5, 0.6) is 0 Å². The van der Waals surface area contributed by atoms with Gasteiger partial charge in [-0.05, 0) is 12.2 Å². The Morgan fingerprint density at radius 2 is 2.13 bits per heavy atom. The van der Waals surface area contributed by atoms with Crippen molar-refractivity contribution < 1.29 is 9.88 Å². The predicted molar refractivity (Wildman–Crippen MR) is 95.5 cm³/mol. The third-order valence-corrected chi connectivity index (χ3v) is 5.18. The summed E-state index contributed by atoms with van der Waals surface area (Å²) in [6.07, 6.45) is 5.77. The Morgan fingerprint density at radius 3 is 2.83 bits per heavy atom. The molecule has 0 amide bonds. The molecule has 3 rings (SSSR count). The van der Waals surface area contributed by atoms with Crippen molar-refractivity contribution in [2.45, 2.75) is 6.67 Å². The lowest BCUT2D eigenvalue weighted by molar-refractivity contribution is -0.924. The Bertz CT molecular complexity index is 687. The number of hydrogen-bond donors (Lipinski definition) is 2. The highest BCUT2D eigenvalue weighted by Gasteiger charge is 2.21. The Kier molecular flexibility index (Phi) is 5.37. The van der Waals surface area contributed by atoms with Gasteiger partial charge in [-0.2, -0.15) is 4.68 Å². The van der Waals surface area contributed by atoms with E-state index in [4.69, 9.17) is 12.2 Å². The molecule has 0 atom stereocenters. The Balaban J connectivity index is 1.55. The smallest absolute Gasteiger partial charge is 0.205 e. The van der Waals surface area contributed by atoms with E-state index in [1.807, 2.05) is 23.2 Å². The monoisotopic (exact) mass is 350 g/mol. The lowest BCUT2D eigenvalue weighted by Crippen LogP contribution is -3.14. The minimum atomic E-state index is 0.711. The van der Waals surface area contributed by atoms with Crippen LogP contribution in [0, 0.1) is 3.95 Å². The number of rotatable bonds is 6. The number of piperazine rings is 1. The SMILES string of the molecule is C=CCNc1nn(C[NH+]2CCN(c3cc[nH+]cc3)CC2)c(=S)s1. The number of hydrogen-bond acceptors (Lipinski definition) is 5. The van der Waals surface area contributed by atoms with E-state index in [1.165, 1.54) is 21.9 Å². The fraction of sp³-hybridized carbons (Fsp3) is 0.400. The Labute approximate surface area is 145 Å². The maximum absolute atomic E-state index is 5.42. The van der Waals surface area contributed by atoms with Gasteiger partial charge in [-0.25, -0.2) is 4.98 Å². The van der Waals surface area contributed by atoms with E-state index in [1.54, 1.807) is 0 Å². The average Bonchev–Trinajstić information content (AvgIpc) is 2.94. The van der Waals surface area contributed by atoms with Crippen LogP contribution in [-0.2, 0) is 6.67 Å². The van der Waals surface area contributed by atoms with Crippen LogP contribution in [0.25, 0.3) is 0 Å². The van der Waals surface area contributed by atoms with Crippen LogP contribution in [0.15, 0.2) is 37.2 Å². The first-order chi connectivity index (χ1) is 11.3. The van der Waals surface area contributed by atoms with E-state index in [9.17, 15) is 0 Å². The van der Waals surface area contributed by atoms with Crippen molar-refractivity contribution in [2.24, 2.45) is 0 Å². The summed E-state index contributed by atoms with van der Waals surface area (Å²) in [6.45, 7) is 9.54. The first-order valence-corrected chi connectivity index (χ1v) is 8.96. The summed E-state index contributed by atoms with van der Waals surface area (Å²) in [4.78, 5) is 7.01. The van der Waals surface area contributed by atoms with Gasteiger partial charge in [-0.15, -0.1) is 11.7 Å². The van der Waals surface area contributed by atoms with Gasteiger partial charge in [0.1, 0.15) is 0 Å². The van der Waals surface area contributed by atoms with Gasteiger partial charge in [0, 0.05) is 24.4 Å². The molecule has 3 heterocycles. The lowest BCUT2D eigenvalue weighted by atomic mass is 10.3. The zero-order chi connectivity index (χ0) is 16.1. The largest absolute Gasteiger partial charge is 0.360 e. The summed E-state index contributed by atoms with van der Waals surface area (Å²) >= 11 is 6.94. The number of pyridine rings is 1. The normalized spacial score (nSPS) is 15.6.